The van der Waals surface area contributed by atoms with Gasteiger partial charge in [-0.25, -0.2) is 13.8 Å². The SMILES string of the molecule is C/C(=C\CC=C(CF)CF)Nc1cc(N(C)C)nc(N2CCN(c3ccccn3)CC2)n1. The molecule has 2 aromatic heterocycles. The van der Waals surface area contributed by atoms with Crippen LogP contribution in [0.25, 0.3) is 0 Å². The maximum Gasteiger partial charge on any atom is 0.229 e. The monoisotopic (exact) mass is 443 g/mol. The zero-order valence-corrected chi connectivity index (χ0v) is 18.9. The third-order valence-electron chi connectivity index (χ3n) is 5.19. The van der Waals surface area contributed by atoms with Gasteiger partial charge in [-0.1, -0.05) is 18.2 Å². The van der Waals surface area contributed by atoms with E-state index in [9.17, 15) is 8.78 Å². The first kappa shape index (κ1) is 23.4. The molecule has 0 saturated carbocycles. The third-order valence-corrected chi connectivity index (χ3v) is 5.19. The van der Waals surface area contributed by atoms with E-state index in [0.717, 1.165) is 43.5 Å². The molecule has 2 aromatic rings. The van der Waals surface area contributed by atoms with Gasteiger partial charge in [-0.05, 0) is 31.1 Å². The molecule has 0 aromatic carbocycles. The van der Waals surface area contributed by atoms with Crippen molar-refractivity contribution in [2.75, 3.05) is 73.6 Å². The molecule has 172 valence electrons. The Balaban J connectivity index is 1.70. The predicted molar refractivity (Wildman–Crippen MR) is 127 cm³/mol. The summed E-state index contributed by atoms with van der Waals surface area (Å²) in [5, 5.41) is 3.28. The lowest BCUT2D eigenvalue weighted by molar-refractivity contribution is 0.474. The summed E-state index contributed by atoms with van der Waals surface area (Å²) in [4.78, 5) is 20.3. The fourth-order valence-electron chi connectivity index (χ4n) is 3.33. The molecule has 0 spiro atoms. The fraction of sp³-hybridized carbons (Fsp3) is 0.435. The molecule has 0 aliphatic carbocycles. The van der Waals surface area contributed by atoms with Crippen molar-refractivity contribution in [2.45, 2.75) is 13.3 Å². The van der Waals surface area contributed by atoms with Crippen LogP contribution in [0, 0.1) is 0 Å². The number of piperazine rings is 1. The minimum absolute atomic E-state index is 0.165. The number of hydrogen-bond donors (Lipinski definition) is 1. The quantitative estimate of drug-likeness (QED) is 0.591. The van der Waals surface area contributed by atoms with Crippen molar-refractivity contribution in [1.29, 1.82) is 0 Å². The Morgan fingerprint density at radius 2 is 1.78 bits per heavy atom. The van der Waals surface area contributed by atoms with Crippen LogP contribution in [-0.2, 0) is 0 Å². The Morgan fingerprint density at radius 1 is 1.06 bits per heavy atom. The summed E-state index contributed by atoms with van der Waals surface area (Å²) < 4.78 is 25.2. The lowest BCUT2D eigenvalue weighted by Crippen LogP contribution is -2.47. The van der Waals surface area contributed by atoms with Crippen molar-refractivity contribution in [3.05, 3.63) is 53.9 Å². The molecule has 9 heteroatoms. The molecule has 0 unspecified atom stereocenters. The molecule has 1 fully saturated rings. The number of allylic oxidation sites excluding steroid dienone is 4. The first-order chi connectivity index (χ1) is 15.5. The molecular weight excluding hydrogens is 412 g/mol. The van der Waals surface area contributed by atoms with Crippen LogP contribution < -0.4 is 20.0 Å². The number of alkyl halides is 2. The van der Waals surface area contributed by atoms with E-state index < -0.39 is 13.3 Å². The minimum atomic E-state index is -0.758. The minimum Gasteiger partial charge on any atom is -0.363 e. The van der Waals surface area contributed by atoms with Crippen LogP contribution in [0.4, 0.5) is 32.2 Å². The molecule has 1 saturated heterocycles. The predicted octanol–water partition coefficient (Wildman–Crippen LogP) is 3.84. The molecule has 1 aliphatic heterocycles. The summed E-state index contributed by atoms with van der Waals surface area (Å²) in [6.07, 6.45) is 5.72. The van der Waals surface area contributed by atoms with Gasteiger partial charge < -0.3 is 20.0 Å². The van der Waals surface area contributed by atoms with Crippen molar-refractivity contribution in [3.63, 3.8) is 0 Å². The van der Waals surface area contributed by atoms with Crippen molar-refractivity contribution < 1.29 is 8.78 Å². The number of aromatic nitrogens is 3. The number of rotatable bonds is 9. The topological polar surface area (TPSA) is 60.4 Å². The Kier molecular flexibility index (Phi) is 8.35. The molecule has 0 radical (unpaired) electrons. The second-order valence-electron chi connectivity index (χ2n) is 7.85. The number of anilines is 4. The average Bonchev–Trinajstić information content (AvgIpc) is 2.82. The molecule has 3 rings (SSSR count). The first-order valence-electron chi connectivity index (χ1n) is 10.7. The van der Waals surface area contributed by atoms with E-state index in [-0.39, 0.29) is 5.57 Å². The molecule has 0 bridgehead atoms. The van der Waals surface area contributed by atoms with Gasteiger partial charge in [0.2, 0.25) is 5.95 Å². The van der Waals surface area contributed by atoms with E-state index in [1.807, 2.05) is 62.5 Å². The van der Waals surface area contributed by atoms with Gasteiger partial charge in [0.1, 0.15) is 30.8 Å². The normalized spacial score (nSPS) is 14.3. The highest BCUT2D eigenvalue weighted by molar-refractivity contribution is 5.56. The van der Waals surface area contributed by atoms with Gasteiger partial charge in [0.05, 0.1) is 0 Å². The fourth-order valence-corrected chi connectivity index (χ4v) is 3.33. The Bertz CT molecular complexity index is 917. The second kappa shape index (κ2) is 11.4. The van der Waals surface area contributed by atoms with Crippen molar-refractivity contribution in [2.24, 2.45) is 0 Å². The first-order valence-corrected chi connectivity index (χ1v) is 10.7. The molecule has 0 amide bonds. The smallest absolute Gasteiger partial charge is 0.229 e. The Morgan fingerprint density at radius 3 is 2.41 bits per heavy atom. The van der Waals surface area contributed by atoms with Gasteiger partial charge in [-0.3, -0.25) is 0 Å². The van der Waals surface area contributed by atoms with Crippen molar-refractivity contribution >= 4 is 23.4 Å². The molecular formula is C23H31F2N7. The maximum atomic E-state index is 12.6. The summed E-state index contributed by atoms with van der Waals surface area (Å²) in [5.41, 5.74) is 1.02. The van der Waals surface area contributed by atoms with Crippen molar-refractivity contribution in [3.8, 4) is 0 Å². The summed E-state index contributed by atoms with van der Waals surface area (Å²) in [6.45, 7) is 3.65. The second-order valence-corrected chi connectivity index (χ2v) is 7.85. The molecule has 32 heavy (non-hydrogen) atoms. The lowest BCUT2D eigenvalue weighted by Gasteiger charge is -2.35. The number of halogens is 2. The van der Waals surface area contributed by atoms with E-state index in [0.29, 0.717) is 18.2 Å². The van der Waals surface area contributed by atoms with Crippen LogP contribution in [-0.4, -0.2) is 68.6 Å². The summed E-state index contributed by atoms with van der Waals surface area (Å²) in [5.74, 6) is 3.13. The molecule has 7 nitrogen and oxygen atoms in total. The van der Waals surface area contributed by atoms with Gasteiger partial charge in [0.25, 0.3) is 0 Å². The lowest BCUT2D eigenvalue weighted by atomic mass is 10.2. The number of nitrogens with one attached hydrogen (secondary N) is 1. The molecule has 1 aliphatic rings. The van der Waals surface area contributed by atoms with Gasteiger partial charge in [0.15, 0.2) is 0 Å². The Hall–Kier alpha value is -3.23. The molecule has 1 N–H and O–H groups in total. The average molecular weight is 444 g/mol. The zero-order chi connectivity index (χ0) is 22.9. The number of pyridine rings is 1. The van der Waals surface area contributed by atoms with Crippen LogP contribution in [0.15, 0.2) is 53.9 Å². The summed E-state index contributed by atoms with van der Waals surface area (Å²) in [6, 6.07) is 7.82. The Labute approximate surface area is 188 Å². The van der Waals surface area contributed by atoms with Crippen LogP contribution in [0.5, 0.6) is 0 Å². The molecule has 3 heterocycles. The van der Waals surface area contributed by atoms with E-state index in [2.05, 4.69) is 20.1 Å². The third kappa shape index (κ3) is 6.38. The summed E-state index contributed by atoms with van der Waals surface area (Å²) in [7, 11) is 3.88. The van der Waals surface area contributed by atoms with Gasteiger partial charge in [-0.15, -0.1) is 0 Å². The number of nitrogens with zero attached hydrogens (tertiary/aromatic N) is 6. The highest BCUT2D eigenvalue weighted by Gasteiger charge is 2.21. The zero-order valence-electron chi connectivity index (χ0n) is 18.9. The standard InChI is InChI=1S/C23H31F2N7/c1-18(7-6-8-19(16-24)17-25)27-20-15-22(30(2)3)29-23(28-20)32-13-11-31(12-14-32)21-9-4-5-10-26-21/h4-5,7-10,15H,6,11-14,16-17H2,1-3H3,(H,27,28,29)/b18-7+. The van der Waals surface area contributed by atoms with Crippen LogP contribution >= 0.6 is 0 Å². The van der Waals surface area contributed by atoms with Crippen LogP contribution in [0.2, 0.25) is 0 Å². The van der Waals surface area contributed by atoms with Gasteiger partial charge in [0, 0.05) is 58.2 Å². The van der Waals surface area contributed by atoms with E-state index in [1.54, 1.807) is 6.08 Å². The number of hydrogen-bond acceptors (Lipinski definition) is 7. The van der Waals surface area contributed by atoms with E-state index >= 15 is 0 Å². The summed E-state index contributed by atoms with van der Waals surface area (Å²) >= 11 is 0. The van der Waals surface area contributed by atoms with E-state index in [1.165, 1.54) is 0 Å². The van der Waals surface area contributed by atoms with Crippen molar-refractivity contribution in [1.82, 2.24) is 15.0 Å². The molecule has 0 atom stereocenters. The highest BCUT2D eigenvalue weighted by atomic mass is 19.1. The van der Waals surface area contributed by atoms with Crippen LogP contribution in [0.3, 0.4) is 0 Å². The maximum absolute atomic E-state index is 12.6. The largest absolute Gasteiger partial charge is 0.363 e. The van der Waals surface area contributed by atoms with Crippen LogP contribution in [0.1, 0.15) is 13.3 Å². The van der Waals surface area contributed by atoms with Gasteiger partial charge >= 0.3 is 0 Å². The van der Waals surface area contributed by atoms with E-state index in [4.69, 9.17) is 9.97 Å². The van der Waals surface area contributed by atoms with Gasteiger partial charge in [-0.2, -0.15) is 9.97 Å². The highest BCUT2D eigenvalue weighted by Crippen LogP contribution is 2.22.